The first kappa shape index (κ1) is 12.1. The Hall–Kier alpha value is -1.94. The van der Waals surface area contributed by atoms with Crippen LogP contribution in [0, 0.1) is 0 Å². The van der Waals surface area contributed by atoms with Crippen molar-refractivity contribution in [3.8, 4) is 5.75 Å². The highest BCUT2D eigenvalue weighted by Gasteiger charge is 2.18. The van der Waals surface area contributed by atoms with Gasteiger partial charge < -0.3 is 10.1 Å². The number of nitrogens with one attached hydrogen (secondary N) is 1. The first-order valence-corrected chi connectivity index (χ1v) is 6.62. The number of hydrogen-bond acceptors (Lipinski definition) is 4. The molecule has 1 aliphatic rings. The van der Waals surface area contributed by atoms with Crippen molar-refractivity contribution in [2.75, 3.05) is 13.2 Å². The van der Waals surface area contributed by atoms with Crippen LogP contribution in [0.3, 0.4) is 0 Å². The van der Waals surface area contributed by atoms with Gasteiger partial charge in [0.25, 0.3) is 0 Å². The summed E-state index contributed by atoms with van der Waals surface area (Å²) in [4.78, 5) is 8.22. The van der Waals surface area contributed by atoms with Crippen molar-refractivity contribution in [2.45, 2.75) is 19.4 Å². The minimum Gasteiger partial charge on any atom is -0.493 e. The van der Waals surface area contributed by atoms with Crippen molar-refractivity contribution in [1.82, 2.24) is 15.3 Å². The fourth-order valence-electron chi connectivity index (χ4n) is 2.48. The average molecular weight is 255 g/mol. The van der Waals surface area contributed by atoms with Crippen molar-refractivity contribution in [3.63, 3.8) is 0 Å². The van der Waals surface area contributed by atoms with Crippen LogP contribution in [0.2, 0.25) is 0 Å². The second kappa shape index (κ2) is 5.36. The molecule has 1 unspecified atom stereocenters. The van der Waals surface area contributed by atoms with Crippen LogP contribution in [0.1, 0.15) is 29.7 Å². The molecule has 3 rings (SSSR count). The minimum absolute atomic E-state index is 0.136. The van der Waals surface area contributed by atoms with Crippen LogP contribution >= 0.6 is 0 Å². The summed E-state index contributed by atoms with van der Waals surface area (Å²) in [6, 6.07) is 6.54. The maximum atomic E-state index is 5.55. The molecule has 1 aromatic carbocycles. The Morgan fingerprint density at radius 3 is 2.89 bits per heavy atom. The van der Waals surface area contributed by atoms with Gasteiger partial charge in [-0.25, -0.2) is 9.97 Å². The molecular weight excluding hydrogens is 238 g/mol. The Kier molecular flexibility index (Phi) is 3.42. The van der Waals surface area contributed by atoms with Gasteiger partial charge in [-0.1, -0.05) is 19.1 Å². The lowest BCUT2D eigenvalue weighted by molar-refractivity contribution is 0.357. The molecule has 0 aliphatic carbocycles. The van der Waals surface area contributed by atoms with E-state index in [9.17, 15) is 0 Å². The highest BCUT2D eigenvalue weighted by atomic mass is 16.5. The minimum atomic E-state index is 0.136. The largest absolute Gasteiger partial charge is 0.493 e. The van der Waals surface area contributed by atoms with Gasteiger partial charge in [-0.05, 0) is 23.7 Å². The molecular formula is C15H17N3O. The zero-order chi connectivity index (χ0) is 13.1. The van der Waals surface area contributed by atoms with Crippen molar-refractivity contribution in [2.24, 2.45) is 0 Å². The summed E-state index contributed by atoms with van der Waals surface area (Å²) in [5, 5.41) is 3.49. The van der Waals surface area contributed by atoms with Crippen LogP contribution in [0.4, 0.5) is 0 Å². The van der Waals surface area contributed by atoms with Gasteiger partial charge in [-0.15, -0.1) is 0 Å². The molecule has 4 heteroatoms. The van der Waals surface area contributed by atoms with E-state index in [-0.39, 0.29) is 6.04 Å². The first-order chi connectivity index (χ1) is 9.38. The Morgan fingerprint density at radius 1 is 1.26 bits per heavy atom. The van der Waals surface area contributed by atoms with Crippen molar-refractivity contribution >= 4 is 0 Å². The Bertz CT molecular complexity index is 557. The standard InChI is InChI=1S/C15H17N3O/c1-2-18-15(13-8-16-10-17-9-13)12-3-4-14-11(7-12)5-6-19-14/h3-4,7-10,15,18H,2,5-6H2,1H3. The Labute approximate surface area is 112 Å². The highest BCUT2D eigenvalue weighted by Crippen LogP contribution is 2.30. The van der Waals surface area contributed by atoms with Gasteiger partial charge in [0, 0.05) is 24.4 Å². The maximum Gasteiger partial charge on any atom is 0.122 e. The van der Waals surface area contributed by atoms with Gasteiger partial charge in [0.15, 0.2) is 0 Å². The summed E-state index contributed by atoms with van der Waals surface area (Å²) in [6.45, 7) is 3.79. The Morgan fingerprint density at radius 2 is 2.11 bits per heavy atom. The molecule has 0 radical (unpaired) electrons. The molecule has 1 aliphatic heterocycles. The number of benzene rings is 1. The number of hydrogen-bond donors (Lipinski definition) is 1. The summed E-state index contributed by atoms with van der Waals surface area (Å²) < 4.78 is 5.55. The zero-order valence-electron chi connectivity index (χ0n) is 11.0. The van der Waals surface area contributed by atoms with Crippen molar-refractivity contribution in [3.05, 3.63) is 53.6 Å². The first-order valence-electron chi connectivity index (χ1n) is 6.62. The van der Waals surface area contributed by atoms with Gasteiger partial charge in [0.2, 0.25) is 0 Å². The van der Waals surface area contributed by atoms with Crippen LogP contribution in [-0.2, 0) is 6.42 Å². The molecule has 98 valence electrons. The van der Waals surface area contributed by atoms with E-state index in [2.05, 4.69) is 40.4 Å². The van der Waals surface area contributed by atoms with Gasteiger partial charge >= 0.3 is 0 Å². The Balaban J connectivity index is 1.96. The molecule has 2 aromatic rings. The average Bonchev–Trinajstić information content (AvgIpc) is 2.93. The van der Waals surface area contributed by atoms with Crippen LogP contribution in [-0.4, -0.2) is 23.1 Å². The third-order valence-electron chi connectivity index (χ3n) is 3.37. The molecule has 0 spiro atoms. The van der Waals surface area contributed by atoms with Crippen LogP contribution in [0.15, 0.2) is 36.9 Å². The molecule has 4 nitrogen and oxygen atoms in total. The number of ether oxygens (including phenoxy) is 1. The molecule has 2 heterocycles. The predicted octanol–water partition coefficient (Wildman–Crippen LogP) is 2.11. The lowest BCUT2D eigenvalue weighted by Gasteiger charge is -2.18. The molecule has 0 fully saturated rings. The van der Waals surface area contributed by atoms with E-state index in [0.717, 1.165) is 30.9 Å². The quantitative estimate of drug-likeness (QED) is 0.909. The van der Waals surface area contributed by atoms with E-state index >= 15 is 0 Å². The molecule has 0 amide bonds. The number of fused-ring (bicyclic) bond motifs is 1. The smallest absolute Gasteiger partial charge is 0.122 e. The summed E-state index contributed by atoms with van der Waals surface area (Å²) in [5.41, 5.74) is 3.61. The predicted molar refractivity (Wildman–Crippen MR) is 73.2 cm³/mol. The fraction of sp³-hybridized carbons (Fsp3) is 0.333. The highest BCUT2D eigenvalue weighted by molar-refractivity contribution is 5.42. The monoisotopic (exact) mass is 255 g/mol. The van der Waals surface area contributed by atoms with Gasteiger partial charge in [0.05, 0.1) is 12.6 Å². The van der Waals surface area contributed by atoms with E-state index < -0.39 is 0 Å². The summed E-state index contributed by atoms with van der Waals surface area (Å²) >= 11 is 0. The molecule has 0 saturated heterocycles. The molecule has 1 atom stereocenters. The number of rotatable bonds is 4. The summed E-state index contributed by atoms with van der Waals surface area (Å²) in [6.07, 6.45) is 6.28. The lowest BCUT2D eigenvalue weighted by Crippen LogP contribution is -2.22. The fourth-order valence-corrected chi connectivity index (χ4v) is 2.48. The second-order valence-corrected chi connectivity index (χ2v) is 4.63. The number of aromatic nitrogens is 2. The topological polar surface area (TPSA) is 47.0 Å². The molecule has 0 saturated carbocycles. The van der Waals surface area contributed by atoms with E-state index in [1.165, 1.54) is 11.1 Å². The molecule has 1 aromatic heterocycles. The third-order valence-corrected chi connectivity index (χ3v) is 3.37. The van der Waals surface area contributed by atoms with E-state index in [4.69, 9.17) is 4.74 Å². The van der Waals surface area contributed by atoms with Crippen LogP contribution < -0.4 is 10.1 Å². The third kappa shape index (κ3) is 2.44. The summed E-state index contributed by atoms with van der Waals surface area (Å²) in [7, 11) is 0. The van der Waals surface area contributed by atoms with Crippen LogP contribution in [0.5, 0.6) is 5.75 Å². The SMILES string of the molecule is CCNC(c1cncnc1)c1ccc2c(c1)CCO2. The number of nitrogens with zero attached hydrogens (tertiary/aromatic N) is 2. The van der Waals surface area contributed by atoms with Gasteiger partial charge in [-0.3, -0.25) is 0 Å². The van der Waals surface area contributed by atoms with E-state index in [1.807, 2.05) is 12.4 Å². The lowest BCUT2D eigenvalue weighted by atomic mass is 9.98. The zero-order valence-corrected chi connectivity index (χ0v) is 11.0. The van der Waals surface area contributed by atoms with Crippen molar-refractivity contribution < 1.29 is 4.74 Å². The molecule has 0 bridgehead atoms. The normalized spacial score (nSPS) is 14.8. The van der Waals surface area contributed by atoms with Crippen molar-refractivity contribution in [1.29, 1.82) is 0 Å². The molecule has 1 N–H and O–H groups in total. The summed E-state index contributed by atoms with van der Waals surface area (Å²) in [5.74, 6) is 1.02. The van der Waals surface area contributed by atoms with Gasteiger partial charge in [0.1, 0.15) is 12.1 Å². The van der Waals surface area contributed by atoms with E-state index in [1.54, 1.807) is 6.33 Å². The van der Waals surface area contributed by atoms with Gasteiger partial charge in [-0.2, -0.15) is 0 Å². The van der Waals surface area contributed by atoms with Crippen LogP contribution in [0.25, 0.3) is 0 Å². The van der Waals surface area contributed by atoms with E-state index in [0.29, 0.717) is 0 Å². The maximum absolute atomic E-state index is 5.55. The molecule has 19 heavy (non-hydrogen) atoms. The second-order valence-electron chi connectivity index (χ2n) is 4.63.